The van der Waals surface area contributed by atoms with Crippen LogP contribution < -0.4 is 10.4 Å². The van der Waals surface area contributed by atoms with Crippen LogP contribution in [0.1, 0.15) is 0 Å². The van der Waals surface area contributed by atoms with Gasteiger partial charge in [-0.2, -0.15) is 0 Å². The Kier molecular flexibility index (Phi) is 3.02. The fourth-order valence-electron chi connectivity index (χ4n) is 0.867. The minimum absolute atomic E-state index is 0.809. The first-order valence-electron chi connectivity index (χ1n) is 3.51. The van der Waals surface area contributed by atoms with Gasteiger partial charge in [0.1, 0.15) is 0 Å². The summed E-state index contributed by atoms with van der Waals surface area (Å²) < 4.78 is 12.8. The summed E-state index contributed by atoms with van der Waals surface area (Å²) in [6, 6.07) is 7.84. The first-order valence-corrected chi connectivity index (χ1v) is 6.89. The largest absolute Gasteiger partial charge is 0.308 e. The van der Waals surface area contributed by atoms with E-state index in [9.17, 15) is 4.11 Å². The van der Waals surface area contributed by atoms with Gasteiger partial charge >= 0.3 is 9.13 Å². The molecule has 0 unspecified atom stereocenters. The molecule has 0 nitrogen and oxygen atoms in total. The molecule has 11 heavy (non-hydrogen) atoms. The lowest BCUT2D eigenvalue weighted by molar-refractivity contribution is 0.856. The van der Waals surface area contributed by atoms with Crippen LogP contribution in [0.3, 0.4) is 0 Å². The third-order valence-corrected chi connectivity index (χ3v) is 3.61. The zero-order chi connectivity index (χ0) is 8.27. The molecule has 1 aromatic rings. The highest BCUT2D eigenvalue weighted by Gasteiger charge is 2.05. The monoisotopic (exact) mass is 181 g/mol. The third-order valence-electron chi connectivity index (χ3n) is 1.57. The molecule has 3 radical (unpaired) electrons. The zero-order valence-corrected chi connectivity index (χ0v) is 8.69. The number of rotatable bonds is 2. The van der Waals surface area contributed by atoms with Gasteiger partial charge in [-0.3, -0.25) is 0 Å². The van der Waals surface area contributed by atoms with Crippen LogP contribution in [-0.4, -0.2) is 18.7 Å². The SMILES string of the molecule is C[Si]c1ccc([Si](C)F)cc1. The molecule has 0 aromatic heterocycles. The Morgan fingerprint density at radius 1 is 1.27 bits per heavy atom. The lowest BCUT2D eigenvalue weighted by Gasteiger charge is -1.99. The van der Waals surface area contributed by atoms with Crippen molar-refractivity contribution in [2.75, 3.05) is 0 Å². The van der Waals surface area contributed by atoms with E-state index in [1.54, 1.807) is 6.55 Å². The highest BCUT2D eigenvalue weighted by atomic mass is 28.3. The summed E-state index contributed by atoms with van der Waals surface area (Å²) in [5.41, 5.74) is 0. The van der Waals surface area contributed by atoms with E-state index in [2.05, 4.69) is 6.55 Å². The summed E-state index contributed by atoms with van der Waals surface area (Å²) in [7, 11) is -0.925. The first-order chi connectivity index (χ1) is 5.24. The average molecular weight is 181 g/mol. The molecule has 0 aliphatic rings. The fraction of sp³-hybridized carbons (Fsp3) is 0.250. The van der Waals surface area contributed by atoms with E-state index in [0.717, 1.165) is 14.7 Å². The number of hydrogen-bond acceptors (Lipinski definition) is 0. The van der Waals surface area contributed by atoms with Crippen LogP contribution >= 0.6 is 0 Å². The number of hydrogen-bond donors (Lipinski definition) is 0. The Morgan fingerprint density at radius 3 is 2.18 bits per heavy atom. The van der Waals surface area contributed by atoms with Gasteiger partial charge in [-0.1, -0.05) is 36.0 Å². The second-order valence-electron chi connectivity index (χ2n) is 2.36. The Labute approximate surface area is 71.1 Å². The minimum Gasteiger partial charge on any atom is -0.308 e. The van der Waals surface area contributed by atoms with Crippen molar-refractivity contribution in [1.29, 1.82) is 0 Å². The molecule has 0 saturated carbocycles. The van der Waals surface area contributed by atoms with E-state index in [1.165, 1.54) is 5.19 Å². The summed E-state index contributed by atoms with van der Waals surface area (Å²) in [6.45, 7) is 3.79. The van der Waals surface area contributed by atoms with Crippen molar-refractivity contribution in [1.82, 2.24) is 0 Å². The minimum atomic E-state index is -1.73. The molecule has 0 aliphatic heterocycles. The maximum atomic E-state index is 12.8. The van der Waals surface area contributed by atoms with Gasteiger partial charge in [-0.25, -0.2) is 0 Å². The van der Waals surface area contributed by atoms with Gasteiger partial charge < -0.3 is 4.11 Å². The van der Waals surface area contributed by atoms with Crippen molar-refractivity contribution >= 4 is 29.0 Å². The molecular weight excluding hydrogens is 171 g/mol. The summed E-state index contributed by atoms with van der Waals surface area (Å²) in [5.74, 6) is 0. The van der Waals surface area contributed by atoms with Crippen LogP contribution in [0.2, 0.25) is 13.1 Å². The molecule has 0 saturated heterocycles. The van der Waals surface area contributed by atoms with E-state index < -0.39 is 9.13 Å². The van der Waals surface area contributed by atoms with Crippen molar-refractivity contribution in [3.05, 3.63) is 24.3 Å². The van der Waals surface area contributed by atoms with Gasteiger partial charge in [0.05, 0.1) is 9.52 Å². The summed E-state index contributed by atoms with van der Waals surface area (Å²) in [4.78, 5) is 0. The predicted octanol–water partition coefficient (Wildman–Crippen LogP) is 0.862. The Morgan fingerprint density at radius 2 is 1.82 bits per heavy atom. The van der Waals surface area contributed by atoms with E-state index in [4.69, 9.17) is 0 Å². The third kappa shape index (κ3) is 2.27. The van der Waals surface area contributed by atoms with Gasteiger partial charge in [0.2, 0.25) is 0 Å². The number of halogens is 1. The second-order valence-corrected chi connectivity index (χ2v) is 5.08. The van der Waals surface area contributed by atoms with Crippen LogP contribution in [0, 0.1) is 0 Å². The standard InChI is InChI=1S/C8H10FSi2/c1-10-7-3-5-8(6-4-7)11(2)9/h3-6H,1-2H3. The van der Waals surface area contributed by atoms with Crippen molar-refractivity contribution in [3.8, 4) is 0 Å². The molecule has 1 rings (SSSR count). The molecule has 0 aliphatic carbocycles. The topological polar surface area (TPSA) is 0 Å². The fourth-order valence-corrected chi connectivity index (χ4v) is 1.99. The lowest BCUT2D eigenvalue weighted by Crippen LogP contribution is -2.23. The molecule has 0 amide bonds. The van der Waals surface area contributed by atoms with Gasteiger partial charge in [-0.05, 0) is 11.7 Å². The molecule has 0 atom stereocenters. The lowest BCUT2D eigenvalue weighted by atomic mass is 10.4. The van der Waals surface area contributed by atoms with Crippen LogP contribution in [-0.2, 0) is 0 Å². The van der Waals surface area contributed by atoms with Gasteiger partial charge in [-0.15, -0.1) is 0 Å². The predicted molar refractivity (Wildman–Crippen MR) is 50.1 cm³/mol. The molecule has 0 N–H and O–H groups in total. The van der Waals surface area contributed by atoms with Crippen LogP contribution in [0.4, 0.5) is 4.11 Å². The van der Waals surface area contributed by atoms with E-state index in [0.29, 0.717) is 0 Å². The summed E-state index contributed by atoms with van der Waals surface area (Å²) in [5, 5.41) is 2.18. The van der Waals surface area contributed by atoms with Crippen molar-refractivity contribution in [2.24, 2.45) is 0 Å². The van der Waals surface area contributed by atoms with Gasteiger partial charge in [0, 0.05) is 0 Å². The van der Waals surface area contributed by atoms with Gasteiger partial charge in [0.25, 0.3) is 0 Å². The second kappa shape index (κ2) is 3.83. The molecule has 0 spiro atoms. The molecule has 3 heteroatoms. The van der Waals surface area contributed by atoms with E-state index in [1.807, 2.05) is 24.3 Å². The van der Waals surface area contributed by atoms with Gasteiger partial charge in [0.15, 0.2) is 0 Å². The molecule has 0 fully saturated rings. The number of benzene rings is 1. The summed E-state index contributed by atoms with van der Waals surface area (Å²) in [6.07, 6.45) is 0. The summed E-state index contributed by atoms with van der Waals surface area (Å²) >= 11 is 0. The maximum absolute atomic E-state index is 12.8. The van der Waals surface area contributed by atoms with Crippen molar-refractivity contribution in [2.45, 2.75) is 13.1 Å². The van der Waals surface area contributed by atoms with Crippen molar-refractivity contribution < 1.29 is 4.11 Å². The highest BCUT2D eigenvalue weighted by Crippen LogP contribution is 1.86. The normalized spacial score (nSPS) is 10.5. The van der Waals surface area contributed by atoms with Crippen LogP contribution in [0.25, 0.3) is 0 Å². The molecule has 57 valence electrons. The van der Waals surface area contributed by atoms with Crippen LogP contribution in [0.5, 0.6) is 0 Å². The van der Waals surface area contributed by atoms with E-state index >= 15 is 0 Å². The smallest absolute Gasteiger partial charge is 0.302 e. The quantitative estimate of drug-likeness (QED) is 0.469. The highest BCUT2D eigenvalue weighted by molar-refractivity contribution is 6.65. The Balaban J connectivity index is 2.83. The average Bonchev–Trinajstić information content (AvgIpc) is 2.05. The van der Waals surface area contributed by atoms with Crippen molar-refractivity contribution in [3.63, 3.8) is 0 Å². The molecular formula is C8H10FSi2. The molecule has 1 aromatic carbocycles. The molecule has 0 heterocycles. The molecule has 0 bridgehead atoms. The Hall–Kier alpha value is -0.416. The van der Waals surface area contributed by atoms with E-state index in [-0.39, 0.29) is 0 Å². The first kappa shape index (κ1) is 8.68. The maximum Gasteiger partial charge on any atom is 0.302 e. The Bertz CT molecular complexity index is 218. The zero-order valence-electron chi connectivity index (χ0n) is 6.69. The van der Waals surface area contributed by atoms with Crippen LogP contribution in [0.15, 0.2) is 24.3 Å².